The second-order valence-corrected chi connectivity index (χ2v) is 10.3. The summed E-state index contributed by atoms with van der Waals surface area (Å²) in [6.07, 6.45) is 4.33. The third-order valence-electron chi connectivity index (χ3n) is 6.84. The molecule has 5 atom stereocenters. The number of carbonyl (C=O) groups excluding carboxylic acids is 3. The highest BCUT2D eigenvalue weighted by molar-refractivity contribution is 6.05. The topological polar surface area (TPSA) is 180 Å². The number of nitrogens with two attached hydrogens (primary N) is 1. The van der Waals surface area contributed by atoms with Gasteiger partial charge in [0.1, 0.15) is 17.6 Å². The van der Waals surface area contributed by atoms with Gasteiger partial charge in [-0.2, -0.15) is 0 Å². The molecule has 0 radical (unpaired) electrons. The Morgan fingerprint density at radius 2 is 1.85 bits per heavy atom. The lowest BCUT2D eigenvalue weighted by molar-refractivity contribution is -0.114. The maximum absolute atomic E-state index is 12.9. The summed E-state index contributed by atoms with van der Waals surface area (Å²) in [5.41, 5.74) is 6.51. The van der Waals surface area contributed by atoms with Gasteiger partial charge in [0.2, 0.25) is 5.91 Å². The van der Waals surface area contributed by atoms with Gasteiger partial charge in [0.15, 0.2) is 6.10 Å². The van der Waals surface area contributed by atoms with Gasteiger partial charge >= 0.3 is 6.09 Å². The molecule has 1 heterocycles. The highest BCUT2D eigenvalue weighted by Gasteiger charge is 2.27. The van der Waals surface area contributed by atoms with Crippen LogP contribution in [-0.4, -0.2) is 58.6 Å². The van der Waals surface area contributed by atoms with Crippen LogP contribution in [0.4, 0.5) is 16.2 Å². The number of rotatable bonds is 3. The van der Waals surface area contributed by atoms with E-state index in [0.29, 0.717) is 18.4 Å². The minimum atomic E-state index is -0.983. The number of aliphatic hydroxyl groups excluding tert-OH is 1. The number of fused-ring (bicyclic) bond motifs is 2. The van der Waals surface area contributed by atoms with Crippen molar-refractivity contribution in [2.24, 2.45) is 17.6 Å². The van der Waals surface area contributed by atoms with Crippen molar-refractivity contribution in [1.82, 2.24) is 0 Å². The van der Waals surface area contributed by atoms with E-state index in [0.717, 1.165) is 0 Å². The molecular formula is C29H41N3O8. The van der Waals surface area contributed by atoms with Crippen LogP contribution in [0.2, 0.25) is 0 Å². The number of carbonyl (C=O) groups is 3. The Morgan fingerprint density at radius 3 is 2.45 bits per heavy atom. The van der Waals surface area contributed by atoms with Crippen LogP contribution in [0.1, 0.15) is 53.0 Å². The van der Waals surface area contributed by atoms with Crippen molar-refractivity contribution in [3.05, 3.63) is 47.1 Å². The van der Waals surface area contributed by atoms with Crippen molar-refractivity contribution in [2.75, 3.05) is 17.7 Å². The van der Waals surface area contributed by atoms with Gasteiger partial charge in [0.05, 0.1) is 17.5 Å². The number of phenols is 2. The molecule has 0 saturated heterocycles. The minimum absolute atomic E-state index is 0.0216. The van der Waals surface area contributed by atoms with Gasteiger partial charge in [-0.3, -0.25) is 9.59 Å². The number of phenolic OH excluding ortho intramolecular Hbond substituents is 2. The number of anilines is 2. The van der Waals surface area contributed by atoms with E-state index in [-0.39, 0.29) is 52.3 Å². The molecule has 0 aliphatic carbocycles. The van der Waals surface area contributed by atoms with Crippen molar-refractivity contribution in [1.29, 1.82) is 0 Å². The van der Waals surface area contributed by atoms with Crippen molar-refractivity contribution in [3.63, 3.8) is 0 Å². The van der Waals surface area contributed by atoms with E-state index in [9.17, 15) is 29.7 Å². The molecule has 0 spiro atoms. The summed E-state index contributed by atoms with van der Waals surface area (Å²) in [6, 6.07) is 1.17. The van der Waals surface area contributed by atoms with E-state index >= 15 is 0 Å². The fourth-order valence-corrected chi connectivity index (χ4v) is 4.56. The molecule has 3 amide bonds. The van der Waals surface area contributed by atoms with E-state index in [1.54, 1.807) is 32.1 Å². The standard InChI is InChI=1S/C29H41N3O8/c1-15-10-11-22(34)17(3)13-18(4)27(40-29(30)38)24(39-6)9-7-8-16(2)28(37)32-21-14-23(35)25(31-19(5)33)20(12-15)26(21)36/h7-9,13-15,17,22,24,27,34-36H,10-12H2,1-6H3,(H2,30,38)(H,31,33)(H,32,37)/b9-7-,16-8+,18-13+/t15-,17-,22-,24-,27-/m0/s1. The largest absolute Gasteiger partial charge is 0.506 e. The molecular weight excluding hydrogens is 518 g/mol. The Kier molecular flexibility index (Phi) is 11.8. The number of hydrogen-bond acceptors (Lipinski definition) is 8. The maximum Gasteiger partial charge on any atom is 0.405 e. The van der Waals surface area contributed by atoms with Crippen LogP contribution in [0.5, 0.6) is 11.5 Å². The summed E-state index contributed by atoms with van der Waals surface area (Å²) >= 11 is 0. The fraction of sp³-hybridized carbons (Fsp3) is 0.483. The van der Waals surface area contributed by atoms with Gasteiger partial charge in [-0.05, 0) is 44.6 Å². The summed E-state index contributed by atoms with van der Waals surface area (Å²) in [5, 5.41) is 37.8. The molecule has 2 rings (SSSR count). The van der Waals surface area contributed by atoms with Crippen molar-refractivity contribution >= 4 is 29.3 Å². The molecule has 0 saturated carbocycles. The molecule has 220 valence electrons. The Bertz CT molecular complexity index is 1190. The second-order valence-electron chi connectivity index (χ2n) is 10.3. The molecule has 1 aliphatic rings. The number of primary amides is 1. The van der Waals surface area contributed by atoms with Gasteiger partial charge in [-0.1, -0.05) is 38.2 Å². The molecule has 0 aromatic heterocycles. The number of aliphatic hydroxyl groups is 1. The molecule has 7 N–H and O–H groups in total. The summed E-state index contributed by atoms with van der Waals surface area (Å²) in [4.78, 5) is 36.4. The number of methoxy groups -OCH3 is 1. The van der Waals surface area contributed by atoms with Crippen molar-refractivity contribution in [3.8, 4) is 11.5 Å². The first-order valence-electron chi connectivity index (χ1n) is 13.1. The van der Waals surface area contributed by atoms with Crippen LogP contribution in [-0.2, 0) is 25.5 Å². The summed E-state index contributed by atoms with van der Waals surface area (Å²) in [5.74, 6) is -1.97. The summed E-state index contributed by atoms with van der Waals surface area (Å²) in [7, 11) is 1.44. The number of hydrogen-bond donors (Lipinski definition) is 6. The van der Waals surface area contributed by atoms with Gasteiger partial charge in [0, 0.05) is 37.2 Å². The Hall–Kier alpha value is -3.83. The molecule has 1 aliphatic heterocycles. The predicted octanol–water partition coefficient (Wildman–Crippen LogP) is 3.89. The highest BCUT2D eigenvalue weighted by Crippen LogP contribution is 2.42. The van der Waals surface area contributed by atoms with Gasteiger partial charge in [0.25, 0.3) is 5.91 Å². The van der Waals surface area contributed by atoms with Crippen LogP contribution < -0.4 is 16.4 Å². The second kappa shape index (κ2) is 14.5. The lowest BCUT2D eigenvalue weighted by atomic mass is 9.89. The zero-order valence-electron chi connectivity index (χ0n) is 23.9. The van der Waals surface area contributed by atoms with Crippen molar-refractivity contribution < 1.29 is 39.2 Å². The predicted molar refractivity (Wildman–Crippen MR) is 152 cm³/mol. The van der Waals surface area contributed by atoms with E-state index in [1.807, 2.05) is 13.8 Å². The number of ether oxygens (including phenoxy) is 2. The van der Waals surface area contributed by atoms with Crippen LogP contribution in [0, 0.1) is 11.8 Å². The lowest BCUT2D eigenvalue weighted by Crippen LogP contribution is -2.35. The van der Waals surface area contributed by atoms with Crippen LogP contribution in [0.25, 0.3) is 0 Å². The average molecular weight is 560 g/mol. The van der Waals surface area contributed by atoms with Gasteiger partial charge in [-0.25, -0.2) is 4.79 Å². The average Bonchev–Trinajstić information content (AvgIpc) is 2.87. The number of aromatic hydroxyl groups is 2. The molecule has 0 unspecified atom stereocenters. The Balaban J connectivity index is 2.60. The quantitative estimate of drug-likeness (QED) is 0.183. The lowest BCUT2D eigenvalue weighted by Gasteiger charge is -2.26. The number of allylic oxidation sites excluding steroid dienone is 2. The number of amides is 3. The van der Waals surface area contributed by atoms with Gasteiger partial charge in [-0.15, -0.1) is 0 Å². The van der Waals surface area contributed by atoms with Crippen LogP contribution in [0.15, 0.2) is 41.5 Å². The fourth-order valence-electron chi connectivity index (χ4n) is 4.56. The smallest absolute Gasteiger partial charge is 0.405 e. The zero-order chi connectivity index (χ0) is 30.1. The monoisotopic (exact) mass is 559 g/mol. The summed E-state index contributed by atoms with van der Waals surface area (Å²) in [6.45, 7) is 8.35. The molecule has 11 heteroatoms. The number of nitrogens with one attached hydrogen (secondary N) is 2. The minimum Gasteiger partial charge on any atom is -0.506 e. The van der Waals surface area contributed by atoms with Crippen molar-refractivity contribution in [2.45, 2.75) is 72.2 Å². The van der Waals surface area contributed by atoms with Crippen LogP contribution >= 0.6 is 0 Å². The third-order valence-corrected chi connectivity index (χ3v) is 6.84. The van der Waals surface area contributed by atoms with E-state index in [2.05, 4.69) is 10.6 Å². The van der Waals surface area contributed by atoms with E-state index < -0.39 is 36.2 Å². The molecule has 11 nitrogen and oxygen atoms in total. The Labute approximate surface area is 234 Å². The highest BCUT2D eigenvalue weighted by atomic mass is 16.6. The maximum atomic E-state index is 12.9. The molecule has 1 aromatic rings. The van der Waals surface area contributed by atoms with E-state index in [4.69, 9.17) is 15.2 Å². The first-order chi connectivity index (χ1) is 18.7. The molecule has 40 heavy (non-hydrogen) atoms. The third kappa shape index (κ3) is 8.85. The zero-order valence-corrected chi connectivity index (χ0v) is 23.9. The SMILES string of the molecule is CO[C@H]1/C=C\C=C(/C)C(=O)Nc2cc(O)c(NC(C)=O)c(c2O)C[C@@H](C)CC[C@H](O)[C@@H](C)/C=C(\C)[C@@H]1OC(N)=O. The summed E-state index contributed by atoms with van der Waals surface area (Å²) < 4.78 is 10.9. The molecule has 1 aromatic carbocycles. The molecule has 2 bridgehead atoms. The number of benzene rings is 1. The first-order valence-corrected chi connectivity index (χ1v) is 13.1. The van der Waals surface area contributed by atoms with Crippen LogP contribution in [0.3, 0.4) is 0 Å². The molecule has 0 fully saturated rings. The van der Waals surface area contributed by atoms with Gasteiger partial charge < -0.3 is 41.2 Å². The van der Waals surface area contributed by atoms with E-state index in [1.165, 1.54) is 26.2 Å². The first kappa shape index (κ1) is 32.4. The Morgan fingerprint density at radius 1 is 1.18 bits per heavy atom. The normalized spacial score (nSPS) is 28.3.